The van der Waals surface area contributed by atoms with Crippen LogP contribution >= 0.6 is 0 Å². The summed E-state index contributed by atoms with van der Waals surface area (Å²) in [6, 6.07) is 19.2. The van der Waals surface area contributed by atoms with Crippen molar-refractivity contribution in [2.24, 2.45) is 0 Å². The van der Waals surface area contributed by atoms with Crippen LogP contribution in [0.25, 0.3) is 22.1 Å². The molecular weight excluding hydrogens is 855 g/mol. The Morgan fingerprint density at radius 1 is 0.731 bits per heavy atom. The average molecular weight is 920 g/mol. The number of imidazole rings is 2. The Labute approximate surface area is 391 Å². The van der Waals surface area contributed by atoms with Crippen molar-refractivity contribution >= 4 is 51.8 Å². The van der Waals surface area contributed by atoms with Gasteiger partial charge in [-0.05, 0) is 111 Å². The fourth-order valence-electron chi connectivity index (χ4n) is 10.4. The van der Waals surface area contributed by atoms with E-state index in [0.29, 0.717) is 31.2 Å². The molecule has 8 atom stereocenters. The number of H-pyrrole nitrogens is 2. The maximum Gasteiger partial charge on any atom is 0.407 e. The Morgan fingerprint density at radius 3 is 1.70 bits per heavy atom. The predicted molar refractivity (Wildman–Crippen MR) is 254 cm³/mol. The van der Waals surface area contributed by atoms with E-state index >= 15 is 0 Å². The number of carbonyl (C=O) groups is 4. The number of carbonyl (C=O) groups excluding carboxylic acids is 3. The molecule has 4 amide bonds. The van der Waals surface area contributed by atoms with Gasteiger partial charge in [-0.25, -0.2) is 19.6 Å². The molecule has 4 N–H and O–H groups in total. The monoisotopic (exact) mass is 919 g/mol. The number of benzene rings is 3. The summed E-state index contributed by atoms with van der Waals surface area (Å²) >= 11 is 0. The van der Waals surface area contributed by atoms with Crippen LogP contribution in [0.4, 0.5) is 15.3 Å². The average Bonchev–Trinajstić information content (AvgIpc) is 4.18. The van der Waals surface area contributed by atoms with Crippen LogP contribution in [0.15, 0.2) is 60.7 Å². The Balaban J connectivity index is 1.09. The lowest BCUT2D eigenvalue weighted by atomic mass is 9.87. The van der Waals surface area contributed by atoms with Crippen molar-refractivity contribution in [3.8, 4) is 0 Å². The lowest BCUT2D eigenvalue weighted by Gasteiger charge is -2.34. The fraction of sp³-hybridized carbons (Fsp3) is 0.520. The van der Waals surface area contributed by atoms with Crippen LogP contribution in [0.5, 0.6) is 0 Å². The van der Waals surface area contributed by atoms with Gasteiger partial charge in [0, 0.05) is 40.0 Å². The number of nitrogens with zero attached hydrogens (tertiary/aromatic N) is 6. The number of rotatable bonds is 13. The summed E-state index contributed by atoms with van der Waals surface area (Å²) in [5.74, 6) is 0.829. The smallest absolute Gasteiger partial charge is 0.407 e. The number of fused-ring (bicyclic) bond motifs is 2. The molecule has 0 spiro atoms. The summed E-state index contributed by atoms with van der Waals surface area (Å²) in [6.07, 6.45) is 1.67. The summed E-state index contributed by atoms with van der Waals surface area (Å²) in [4.78, 5) is 76.5. The van der Waals surface area contributed by atoms with Crippen LogP contribution in [0.2, 0.25) is 0 Å². The number of methoxy groups -OCH3 is 3. The van der Waals surface area contributed by atoms with E-state index in [1.54, 1.807) is 23.6 Å². The summed E-state index contributed by atoms with van der Waals surface area (Å²) in [7, 11) is 5.66. The van der Waals surface area contributed by atoms with E-state index in [1.807, 2.05) is 6.07 Å². The summed E-state index contributed by atoms with van der Waals surface area (Å²) in [5.41, 5.74) is 8.00. The molecular formula is C50H65N9O8. The predicted octanol–water partition coefficient (Wildman–Crippen LogP) is 7.92. The second-order valence-electron chi connectivity index (χ2n) is 19.3. The number of nitrogens with one attached hydrogen (secondary N) is 3. The van der Waals surface area contributed by atoms with Gasteiger partial charge in [0.15, 0.2) is 0 Å². The normalized spacial score (nSPS) is 21.7. The summed E-state index contributed by atoms with van der Waals surface area (Å²) in [6.45, 7) is 11.1. The van der Waals surface area contributed by atoms with Gasteiger partial charge in [0.05, 0.1) is 65.6 Å². The Kier molecular flexibility index (Phi) is 13.5. The zero-order valence-electron chi connectivity index (χ0n) is 40.0. The number of ether oxygens (including phenoxy) is 3. The van der Waals surface area contributed by atoms with Gasteiger partial charge in [-0.2, -0.15) is 0 Å². The van der Waals surface area contributed by atoms with Gasteiger partial charge in [-0.15, -0.1) is 0 Å². The Hall–Kier alpha value is -6.20. The Bertz CT molecular complexity index is 2600. The van der Waals surface area contributed by atoms with Crippen LogP contribution in [0.3, 0.4) is 0 Å². The summed E-state index contributed by atoms with van der Waals surface area (Å²) in [5, 5.41) is 12.5. The molecule has 3 aromatic carbocycles. The molecule has 1 unspecified atom stereocenters. The molecule has 3 saturated heterocycles. The molecule has 5 heterocycles. The fourth-order valence-corrected chi connectivity index (χ4v) is 10.4. The number of anilines is 1. The van der Waals surface area contributed by atoms with Crippen molar-refractivity contribution in [1.82, 2.24) is 40.0 Å². The largest absolute Gasteiger partial charge is 0.465 e. The molecule has 3 aliphatic rings. The molecule has 17 nitrogen and oxygen atoms in total. The zero-order chi connectivity index (χ0) is 47.9. The van der Waals surface area contributed by atoms with Gasteiger partial charge in [0.2, 0.25) is 11.8 Å². The number of carboxylic acid groups (broad SMARTS) is 1. The highest BCUT2D eigenvalue weighted by Gasteiger charge is 2.42. The van der Waals surface area contributed by atoms with E-state index in [9.17, 15) is 24.3 Å². The second kappa shape index (κ2) is 19.2. The molecule has 0 aliphatic carbocycles. The standard InChI is InChI=1S/C50H65N9O8/c1-28(65-7)42(55-48(62)67-9)46(60)57-24-10-12-40(57)44-51-34-20-14-30(26-36(34)53-44)38-22-23-39(59(38)33-18-16-32(17-19-33)50(3,4)5)31-15-21-35-37(27-31)54-45(52-35)41-13-11-25-58(41)47(61)43(29(2)66-8)56(6)49(63)64/h14-21,26-29,38-43H,10-13,22-25H2,1-9H3,(H,51,53)(H,52,54)(H,55,62)(H,63,64)/t28?,29-,38-,39-,40+,41+,42+,43+/m1/s1. The molecule has 2 aromatic heterocycles. The van der Waals surface area contributed by atoms with Gasteiger partial charge in [0.1, 0.15) is 23.7 Å². The molecule has 0 saturated carbocycles. The zero-order valence-corrected chi connectivity index (χ0v) is 40.0. The molecule has 3 aliphatic heterocycles. The highest BCUT2D eigenvalue weighted by molar-refractivity contribution is 5.88. The van der Waals surface area contributed by atoms with Gasteiger partial charge < -0.3 is 49.3 Å². The van der Waals surface area contributed by atoms with Crippen molar-refractivity contribution in [3.05, 3.63) is 89.0 Å². The third-order valence-electron chi connectivity index (χ3n) is 14.3. The lowest BCUT2D eigenvalue weighted by Crippen LogP contribution is -2.54. The molecule has 67 heavy (non-hydrogen) atoms. The number of likely N-dealkylation sites (tertiary alicyclic amines) is 2. The first-order valence-electron chi connectivity index (χ1n) is 23.4. The van der Waals surface area contributed by atoms with Crippen molar-refractivity contribution < 1.29 is 38.5 Å². The molecule has 358 valence electrons. The van der Waals surface area contributed by atoms with Gasteiger partial charge in [-0.3, -0.25) is 14.5 Å². The minimum atomic E-state index is -1.20. The first-order chi connectivity index (χ1) is 32.0. The van der Waals surface area contributed by atoms with E-state index in [2.05, 4.69) is 95.6 Å². The first kappa shape index (κ1) is 47.3. The number of aromatic nitrogens is 4. The quantitative estimate of drug-likeness (QED) is 0.0895. The van der Waals surface area contributed by atoms with Crippen molar-refractivity contribution in [2.75, 3.05) is 46.4 Å². The minimum Gasteiger partial charge on any atom is -0.465 e. The molecule has 8 rings (SSSR count). The van der Waals surface area contributed by atoms with Crippen molar-refractivity contribution in [1.29, 1.82) is 0 Å². The van der Waals surface area contributed by atoms with Crippen molar-refractivity contribution in [3.63, 3.8) is 0 Å². The molecule has 0 bridgehead atoms. The van der Waals surface area contributed by atoms with Gasteiger partial charge in [0.25, 0.3) is 0 Å². The van der Waals surface area contributed by atoms with Gasteiger partial charge >= 0.3 is 12.2 Å². The molecule has 5 aromatic rings. The van der Waals surface area contributed by atoms with Crippen LogP contribution in [-0.2, 0) is 29.2 Å². The van der Waals surface area contributed by atoms with Crippen LogP contribution in [0, 0.1) is 0 Å². The van der Waals surface area contributed by atoms with E-state index in [0.717, 1.165) is 75.9 Å². The second-order valence-corrected chi connectivity index (χ2v) is 19.3. The summed E-state index contributed by atoms with van der Waals surface area (Å²) < 4.78 is 15.8. The van der Waals surface area contributed by atoms with Crippen molar-refractivity contribution in [2.45, 2.75) is 127 Å². The number of hydrogen-bond acceptors (Lipinski definition) is 10. The lowest BCUT2D eigenvalue weighted by molar-refractivity contribution is -0.141. The topological polar surface area (TPSA) is 199 Å². The highest BCUT2D eigenvalue weighted by Crippen LogP contribution is 2.48. The molecule has 3 fully saturated rings. The highest BCUT2D eigenvalue weighted by atomic mass is 16.5. The maximum atomic E-state index is 14.0. The number of alkyl carbamates (subject to hydrolysis) is 1. The molecule has 17 heteroatoms. The number of aromatic amines is 2. The van der Waals surface area contributed by atoms with Crippen LogP contribution in [0.1, 0.15) is 126 Å². The number of amides is 4. The van der Waals surface area contributed by atoms with Crippen LogP contribution < -0.4 is 10.2 Å². The van der Waals surface area contributed by atoms with Gasteiger partial charge in [-0.1, -0.05) is 45.0 Å². The van der Waals surface area contributed by atoms with E-state index in [-0.39, 0.29) is 41.4 Å². The third-order valence-corrected chi connectivity index (χ3v) is 14.3. The van der Waals surface area contributed by atoms with E-state index < -0.39 is 36.5 Å². The number of hydrogen-bond donors (Lipinski definition) is 4. The Morgan fingerprint density at radius 2 is 1.24 bits per heavy atom. The minimum absolute atomic E-state index is 0.00992. The molecule has 0 radical (unpaired) electrons. The number of likely N-dealkylation sites (N-methyl/N-ethyl adjacent to an activating group) is 1. The SMILES string of the molecule is COC(=O)N[C@H](C(=O)N1CCC[C@H]1c1nc2ccc([C@H]3CC[C@H](c4ccc5nc([C@@H]6CCCN6C(=O)[C@H]([C@@H](C)OC)N(C)C(=O)O)[nH]c5c4)N3c3ccc(C(C)(C)C)cc3)cc2[nH]1)C(C)OC. The van der Waals surface area contributed by atoms with E-state index in [1.165, 1.54) is 33.9 Å². The third kappa shape index (κ3) is 9.27. The van der Waals surface area contributed by atoms with E-state index in [4.69, 9.17) is 24.2 Å². The first-order valence-corrected chi connectivity index (χ1v) is 23.4. The van der Waals surface area contributed by atoms with Crippen LogP contribution in [-0.4, -0.2) is 130 Å². The maximum absolute atomic E-state index is 14.0.